The average molecular weight is 224 g/mol. The summed E-state index contributed by atoms with van der Waals surface area (Å²) in [7, 11) is 0. The van der Waals surface area contributed by atoms with E-state index in [1.807, 2.05) is 0 Å². The topological polar surface area (TPSA) is 106 Å². The second-order valence-electron chi connectivity index (χ2n) is 3.48. The second-order valence-corrected chi connectivity index (χ2v) is 3.48. The summed E-state index contributed by atoms with van der Waals surface area (Å²) >= 11 is 0. The molecule has 1 aromatic rings. The molecule has 1 rings (SSSR count). The number of rotatable bonds is 2. The normalized spacial score (nSPS) is 9.19. The van der Waals surface area contributed by atoms with Crippen LogP contribution in [0.15, 0.2) is 24.3 Å². The van der Waals surface area contributed by atoms with Crippen LogP contribution in [0.1, 0.15) is 24.2 Å². The van der Waals surface area contributed by atoms with Gasteiger partial charge in [-0.1, -0.05) is 13.8 Å². The third-order valence-corrected chi connectivity index (χ3v) is 1.69. The van der Waals surface area contributed by atoms with Crippen molar-refractivity contribution in [3.05, 3.63) is 29.8 Å². The van der Waals surface area contributed by atoms with E-state index in [1.165, 1.54) is 0 Å². The number of nitrogens with two attached hydrogens (primary N) is 2. The van der Waals surface area contributed by atoms with Gasteiger partial charge in [-0.15, -0.1) is 0 Å². The lowest BCUT2D eigenvalue weighted by Crippen LogP contribution is -2.10. The monoisotopic (exact) mass is 224 g/mol. The number of carboxylic acid groups (broad SMARTS) is 1. The number of carboxylic acids is 1. The predicted octanol–water partition coefficient (Wildman–Crippen LogP) is 1.09. The van der Waals surface area contributed by atoms with Gasteiger partial charge in [-0.2, -0.15) is 0 Å². The van der Waals surface area contributed by atoms with Crippen molar-refractivity contribution in [3.63, 3.8) is 0 Å². The zero-order valence-corrected chi connectivity index (χ0v) is 9.31. The highest BCUT2D eigenvalue weighted by molar-refractivity contribution is 5.92. The number of anilines is 1. The zero-order chi connectivity index (χ0) is 12.7. The maximum absolute atomic E-state index is 10.5. The highest BCUT2D eigenvalue weighted by atomic mass is 16.4. The molecule has 0 aliphatic carbocycles. The van der Waals surface area contributed by atoms with Crippen LogP contribution in [0.25, 0.3) is 0 Å². The third-order valence-electron chi connectivity index (χ3n) is 1.69. The van der Waals surface area contributed by atoms with E-state index < -0.39 is 11.9 Å². The molecule has 0 unspecified atom stereocenters. The predicted molar refractivity (Wildman–Crippen MR) is 61.8 cm³/mol. The molecule has 5 nitrogen and oxygen atoms in total. The average Bonchev–Trinajstić information content (AvgIpc) is 2.19. The van der Waals surface area contributed by atoms with E-state index in [-0.39, 0.29) is 5.92 Å². The van der Waals surface area contributed by atoms with Gasteiger partial charge in [-0.3, -0.25) is 9.59 Å². The summed E-state index contributed by atoms with van der Waals surface area (Å²) in [6, 6.07) is 6.47. The van der Waals surface area contributed by atoms with E-state index in [9.17, 15) is 9.59 Å². The standard InChI is InChI=1S/C7H8N2O.C4H8O2/c8-6-3-1-5(2-4-6)7(9)10;1-3(2)4(5)6/h1-4H,8H2,(H2,9,10);3H,1-2H3,(H,5,6). The van der Waals surface area contributed by atoms with Gasteiger partial charge in [0.25, 0.3) is 0 Å². The number of hydrogen-bond donors (Lipinski definition) is 3. The quantitative estimate of drug-likeness (QED) is 0.654. The van der Waals surface area contributed by atoms with Gasteiger partial charge in [0.2, 0.25) is 5.91 Å². The molecule has 16 heavy (non-hydrogen) atoms. The number of hydrogen-bond acceptors (Lipinski definition) is 3. The lowest BCUT2D eigenvalue weighted by molar-refractivity contribution is -0.140. The van der Waals surface area contributed by atoms with E-state index in [0.29, 0.717) is 11.3 Å². The van der Waals surface area contributed by atoms with Crippen LogP contribution in [0.2, 0.25) is 0 Å². The van der Waals surface area contributed by atoms with Crippen LogP contribution in [0.5, 0.6) is 0 Å². The Morgan fingerprint density at radius 1 is 1.19 bits per heavy atom. The van der Waals surface area contributed by atoms with Crippen LogP contribution >= 0.6 is 0 Å². The molecular formula is C11H16N2O3. The van der Waals surface area contributed by atoms with Crippen molar-refractivity contribution in [2.45, 2.75) is 13.8 Å². The second kappa shape index (κ2) is 6.44. The van der Waals surface area contributed by atoms with Gasteiger partial charge in [0.05, 0.1) is 5.92 Å². The molecule has 0 bridgehead atoms. The Labute approximate surface area is 94.1 Å². The van der Waals surface area contributed by atoms with Crippen LogP contribution < -0.4 is 11.5 Å². The first-order valence-electron chi connectivity index (χ1n) is 4.72. The Balaban J connectivity index is 0.000000325. The maximum Gasteiger partial charge on any atom is 0.305 e. The molecule has 0 saturated carbocycles. The fourth-order valence-electron chi connectivity index (χ4n) is 0.647. The van der Waals surface area contributed by atoms with Crippen LogP contribution in [-0.4, -0.2) is 17.0 Å². The highest BCUT2D eigenvalue weighted by Crippen LogP contribution is 2.03. The molecule has 5 heteroatoms. The summed E-state index contributed by atoms with van der Waals surface area (Å²) in [5.74, 6) is -1.40. The number of aliphatic carboxylic acids is 1. The first-order valence-corrected chi connectivity index (χ1v) is 4.72. The van der Waals surface area contributed by atoms with Gasteiger partial charge in [-0.25, -0.2) is 0 Å². The van der Waals surface area contributed by atoms with Crippen molar-refractivity contribution in [1.82, 2.24) is 0 Å². The van der Waals surface area contributed by atoms with Crippen LogP contribution in [0.3, 0.4) is 0 Å². The number of amides is 1. The van der Waals surface area contributed by atoms with Crippen molar-refractivity contribution < 1.29 is 14.7 Å². The summed E-state index contributed by atoms with van der Waals surface area (Å²) < 4.78 is 0. The number of benzene rings is 1. The fraction of sp³-hybridized carbons (Fsp3) is 0.273. The van der Waals surface area contributed by atoms with Crippen LogP contribution in [0, 0.1) is 5.92 Å². The van der Waals surface area contributed by atoms with Crippen molar-refractivity contribution in [2.24, 2.45) is 11.7 Å². The van der Waals surface area contributed by atoms with Gasteiger partial charge >= 0.3 is 5.97 Å². The molecule has 0 radical (unpaired) electrons. The van der Waals surface area contributed by atoms with Gasteiger partial charge in [0.1, 0.15) is 0 Å². The minimum atomic E-state index is -0.741. The van der Waals surface area contributed by atoms with E-state index >= 15 is 0 Å². The maximum atomic E-state index is 10.5. The minimum absolute atomic E-state index is 0.231. The first-order chi connectivity index (χ1) is 7.34. The van der Waals surface area contributed by atoms with Crippen LogP contribution in [0.4, 0.5) is 5.69 Å². The molecule has 1 amide bonds. The lowest BCUT2D eigenvalue weighted by Gasteiger charge is -1.93. The van der Waals surface area contributed by atoms with Crippen molar-refractivity contribution >= 4 is 17.6 Å². The fourth-order valence-corrected chi connectivity index (χ4v) is 0.647. The first kappa shape index (κ1) is 14.0. The highest BCUT2D eigenvalue weighted by Gasteiger charge is 1.99. The molecular weight excluding hydrogens is 208 g/mol. The Kier molecular flexibility index (Phi) is 5.62. The van der Waals surface area contributed by atoms with Crippen LogP contribution in [-0.2, 0) is 4.79 Å². The SMILES string of the molecule is CC(C)C(=O)O.NC(=O)c1ccc(N)cc1. The lowest BCUT2D eigenvalue weighted by atomic mass is 10.2. The molecule has 0 spiro atoms. The van der Waals surface area contributed by atoms with E-state index in [1.54, 1.807) is 38.1 Å². The molecule has 0 atom stereocenters. The molecule has 0 aliphatic rings. The molecule has 88 valence electrons. The summed E-state index contributed by atoms with van der Waals surface area (Å²) in [4.78, 5) is 20.2. The number of carbonyl (C=O) groups excluding carboxylic acids is 1. The Morgan fingerprint density at radius 3 is 1.81 bits per heavy atom. The zero-order valence-electron chi connectivity index (χ0n) is 9.31. The number of primary amides is 1. The molecule has 0 aromatic heterocycles. The molecule has 0 aliphatic heterocycles. The van der Waals surface area contributed by atoms with Gasteiger partial charge in [0.15, 0.2) is 0 Å². The van der Waals surface area contributed by atoms with Crippen molar-refractivity contribution in [1.29, 1.82) is 0 Å². The van der Waals surface area contributed by atoms with Gasteiger partial charge in [0, 0.05) is 11.3 Å². The van der Waals surface area contributed by atoms with Gasteiger partial charge < -0.3 is 16.6 Å². The molecule has 0 saturated heterocycles. The molecule has 1 aromatic carbocycles. The largest absolute Gasteiger partial charge is 0.481 e. The molecule has 0 heterocycles. The smallest absolute Gasteiger partial charge is 0.305 e. The minimum Gasteiger partial charge on any atom is -0.481 e. The molecule has 5 N–H and O–H groups in total. The molecule has 0 fully saturated rings. The Hall–Kier alpha value is -2.04. The Morgan fingerprint density at radius 2 is 1.56 bits per heavy atom. The van der Waals surface area contributed by atoms with E-state index in [4.69, 9.17) is 16.6 Å². The van der Waals surface area contributed by atoms with E-state index in [2.05, 4.69) is 0 Å². The summed E-state index contributed by atoms with van der Waals surface area (Å²) in [5, 5.41) is 7.99. The van der Waals surface area contributed by atoms with Gasteiger partial charge in [-0.05, 0) is 24.3 Å². The Bertz CT molecular complexity index is 358. The van der Waals surface area contributed by atoms with Crippen molar-refractivity contribution in [3.8, 4) is 0 Å². The number of carbonyl (C=O) groups is 2. The number of nitrogen functional groups attached to an aromatic ring is 1. The van der Waals surface area contributed by atoms with E-state index in [0.717, 1.165) is 0 Å². The third kappa shape index (κ3) is 5.64. The summed E-state index contributed by atoms with van der Waals surface area (Å²) in [5.41, 5.74) is 11.5. The summed E-state index contributed by atoms with van der Waals surface area (Å²) in [6.45, 7) is 3.28. The van der Waals surface area contributed by atoms with Crippen molar-refractivity contribution in [2.75, 3.05) is 5.73 Å². The summed E-state index contributed by atoms with van der Waals surface area (Å²) in [6.07, 6.45) is 0.